The quantitative estimate of drug-likeness (QED) is 0.909. The molecule has 4 nitrogen and oxygen atoms in total. The molecule has 1 aromatic carbocycles. The topological polar surface area (TPSA) is 61.3 Å². The van der Waals surface area contributed by atoms with Gasteiger partial charge in [0, 0.05) is 6.07 Å². The molecule has 0 aliphatic rings. The van der Waals surface area contributed by atoms with Gasteiger partial charge in [0.25, 0.3) is 0 Å². The van der Waals surface area contributed by atoms with Gasteiger partial charge in [0.1, 0.15) is 11.4 Å². The predicted octanol–water partition coefficient (Wildman–Crippen LogP) is 3.14. The lowest BCUT2D eigenvalue weighted by atomic mass is 9.97. The Hall–Kier alpha value is -2.04. The van der Waals surface area contributed by atoms with E-state index in [9.17, 15) is 4.39 Å². The van der Waals surface area contributed by atoms with Crippen molar-refractivity contribution in [1.82, 2.24) is 5.16 Å². The summed E-state index contributed by atoms with van der Waals surface area (Å²) >= 11 is 0. The van der Waals surface area contributed by atoms with Gasteiger partial charge in [-0.05, 0) is 31.5 Å². The molecule has 0 saturated carbocycles. The largest absolute Gasteiger partial charge is 0.496 e. The number of aromatic nitrogens is 1. The summed E-state index contributed by atoms with van der Waals surface area (Å²) < 4.78 is 24.3. The molecule has 0 atom stereocenters. The van der Waals surface area contributed by atoms with E-state index in [1.54, 1.807) is 31.4 Å². The van der Waals surface area contributed by atoms with Crippen LogP contribution >= 0.6 is 0 Å². The summed E-state index contributed by atoms with van der Waals surface area (Å²) in [6.45, 7) is 2.99. The number of hydrogen-bond acceptors (Lipinski definition) is 4. The number of nitrogen functional groups attached to an aromatic ring is 1. The lowest BCUT2D eigenvalue weighted by Crippen LogP contribution is -2.09. The Morgan fingerprint density at radius 2 is 2.06 bits per heavy atom. The highest BCUT2D eigenvalue weighted by Gasteiger charge is 2.21. The molecule has 2 aromatic rings. The van der Waals surface area contributed by atoms with E-state index in [0.717, 1.165) is 0 Å². The van der Waals surface area contributed by atoms with Crippen LogP contribution in [0, 0.1) is 0 Å². The number of anilines is 1. The van der Waals surface area contributed by atoms with Crippen molar-refractivity contribution in [3.63, 3.8) is 0 Å². The minimum absolute atomic E-state index is 0.275. The Kier molecular flexibility index (Phi) is 2.98. The molecule has 0 unspecified atom stereocenters. The first kappa shape index (κ1) is 12.4. The van der Waals surface area contributed by atoms with Crippen molar-refractivity contribution in [3.05, 3.63) is 29.8 Å². The highest BCUT2D eigenvalue weighted by Crippen LogP contribution is 2.35. The fourth-order valence-electron chi connectivity index (χ4n) is 1.69. The fraction of sp³-hybridized carbons (Fsp3) is 0.308. The smallest absolute Gasteiger partial charge is 0.172 e. The highest BCUT2D eigenvalue weighted by atomic mass is 19.1. The summed E-state index contributed by atoms with van der Waals surface area (Å²) in [6, 6.07) is 6.64. The van der Waals surface area contributed by atoms with Crippen LogP contribution in [0.3, 0.4) is 0 Å². The van der Waals surface area contributed by atoms with Gasteiger partial charge in [-0.25, -0.2) is 4.39 Å². The summed E-state index contributed by atoms with van der Waals surface area (Å²) in [7, 11) is 1.54. The van der Waals surface area contributed by atoms with E-state index < -0.39 is 5.67 Å². The molecule has 96 valence electrons. The van der Waals surface area contributed by atoms with E-state index in [0.29, 0.717) is 22.6 Å². The molecule has 0 saturated heterocycles. The summed E-state index contributed by atoms with van der Waals surface area (Å²) in [5, 5.41) is 3.61. The number of halogens is 1. The summed E-state index contributed by atoms with van der Waals surface area (Å²) in [4.78, 5) is 0. The van der Waals surface area contributed by atoms with Gasteiger partial charge >= 0.3 is 0 Å². The number of rotatable bonds is 3. The normalized spacial score (nSPS) is 11.6. The van der Waals surface area contributed by atoms with Crippen molar-refractivity contribution in [1.29, 1.82) is 0 Å². The van der Waals surface area contributed by atoms with Gasteiger partial charge in [-0.3, -0.25) is 0 Å². The third-order valence-corrected chi connectivity index (χ3v) is 2.68. The third-order valence-electron chi connectivity index (χ3n) is 2.68. The van der Waals surface area contributed by atoms with Crippen LogP contribution in [-0.4, -0.2) is 12.3 Å². The molecule has 0 amide bonds. The number of benzene rings is 1. The van der Waals surface area contributed by atoms with E-state index in [1.807, 2.05) is 0 Å². The SMILES string of the molecule is COc1ccc(C(C)(C)F)cc1-c1cc(N)no1. The maximum Gasteiger partial charge on any atom is 0.172 e. The number of nitrogens with zero attached hydrogens (tertiary/aromatic N) is 1. The second-order valence-electron chi connectivity index (χ2n) is 4.50. The maximum atomic E-state index is 13.9. The second-order valence-corrected chi connectivity index (χ2v) is 4.50. The van der Waals surface area contributed by atoms with Crippen LogP contribution in [0.2, 0.25) is 0 Å². The molecule has 0 aliphatic carbocycles. The molecule has 0 fully saturated rings. The number of methoxy groups -OCH3 is 1. The van der Waals surface area contributed by atoms with Crippen LogP contribution in [0.15, 0.2) is 28.8 Å². The molecular formula is C13H15FN2O2. The van der Waals surface area contributed by atoms with Crippen LogP contribution in [-0.2, 0) is 5.67 Å². The van der Waals surface area contributed by atoms with Gasteiger partial charge in [0.05, 0.1) is 12.7 Å². The number of ether oxygens (including phenoxy) is 1. The number of alkyl halides is 1. The van der Waals surface area contributed by atoms with E-state index in [4.69, 9.17) is 15.0 Å². The summed E-state index contributed by atoms with van der Waals surface area (Å²) in [6.07, 6.45) is 0. The van der Waals surface area contributed by atoms with E-state index in [-0.39, 0.29) is 5.82 Å². The molecule has 18 heavy (non-hydrogen) atoms. The van der Waals surface area contributed by atoms with Gasteiger partial charge in [0.15, 0.2) is 11.6 Å². The van der Waals surface area contributed by atoms with Gasteiger partial charge < -0.3 is 15.0 Å². The van der Waals surface area contributed by atoms with Crippen molar-refractivity contribution in [2.45, 2.75) is 19.5 Å². The van der Waals surface area contributed by atoms with Gasteiger partial charge in [-0.1, -0.05) is 11.2 Å². The van der Waals surface area contributed by atoms with Crippen LogP contribution in [0.5, 0.6) is 5.75 Å². The molecular weight excluding hydrogens is 235 g/mol. The molecule has 0 radical (unpaired) electrons. The van der Waals surface area contributed by atoms with Gasteiger partial charge in [-0.15, -0.1) is 0 Å². The zero-order valence-electron chi connectivity index (χ0n) is 10.5. The van der Waals surface area contributed by atoms with E-state index >= 15 is 0 Å². The minimum atomic E-state index is -1.44. The van der Waals surface area contributed by atoms with Crippen LogP contribution in [0.4, 0.5) is 10.2 Å². The van der Waals surface area contributed by atoms with E-state index in [2.05, 4.69) is 5.16 Å². The Balaban J connectivity index is 2.56. The molecule has 0 spiro atoms. The first-order chi connectivity index (χ1) is 8.41. The summed E-state index contributed by atoms with van der Waals surface area (Å²) in [5.41, 5.74) is 5.24. The van der Waals surface area contributed by atoms with Crippen molar-refractivity contribution in [3.8, 4) is 17.1 Å². The Bertz CT molecular complexity index is 558. The number of hydrogen-bond donors (Lipinski definition) is 1. The average Bonchev–Trinajstić information content (AvgIpc) is 2.73. The maximum absolute atomic E-state index is 13.9. The fourth-order valence-corrected chi connectivity index (χ4v) is 1.69. The predicted molar refractivity (Wildman–Crippen MR) is 67.0 cm³/mol. The molecule has 1 aromatic heterocycles. The molecule has 1 heterocycles. The average molecular weight is 250 g/mol. The second kappa shape index (κ2) is 4.33. The Morgan fingerprint density at radius 3 is 2.56 bits per heavy atom. The first-order valence-electron chi connectivity index (χ1n) is 5.52. The zero-order valence-corrected chi connectivity index (χ0v) is 10.5. The Morgan fingerprint density at radius 1 is 1.33 bits per heavy atom. The van der Waals surface area contributed by atoms with Gasteiger partial charge in [-0.2, -0.15) is 0 Å². The highest BCUT2D eigenvalue weighted by molar-refractivity contribution is 5.68. The van der Waals surface area contributed by atoms with Crippen molar-refractivity contribution < 1.29 is 13.7 Å². The van der Waals surface area contributed by atoms with Crippen molar-refractivity contribution in [2.24, 2.45) is 0 Å². The molecule has 0 bridgehead atoms. The zero-order chi connectivity index (χ0) is 13.3. The molecule has 5 heteroatoms. The van der Waals surface area contributed by atoms with Crippen LogP contribution < -0.4 is 10.5 Å². The molecule has 0 aliphatic heterocycles. The third kappa shape index (κ3) is 2.30. The van der Waals surface area contributed by atoms with Crippen LogP contribution in [0.25, 0.3) is 11.3 Å². The monoisotopic (exact) mass is 250 g/mol. The van der Waals surface area contributed by atoms with Crippen LogP contribution in [0.1, 0.15) is 19.4 Å². The van der Waals surface area contributed by atoms with Gasteiger partial charge in [0.2, 0.25) is 0 Å². The lowest BCUT2D eigenvalue weighted by molar-refractivity contribution is 0.221. The van der Waals surface area contributed by atoms with E-state index in [1.165, 1.54) is 13.8 Å². The van der Waals surface area contributed by atoms with Crippen molar-refractivity contribution in [2.75, 3.05) is 12.8 Å². The Labute approximate surface area is 105 Å². The first-order valence-corrected chi connectivity index (χ1v) is 5.52. The summed E-state index contributed by atoms with van der Waals surface area (Å²) in [5.74, 6) is 1.31. The number of nitrogens with two attached hydrogens (primary N) is 1. The molecule has 2 rings (SSSR count). The minimum Gasteiger partial charge on any atom is -0.496 e. The molecule has 2 N–H and O–H groups in total. The lowest BCUT2D eigenvalue weighted by Gasteiger charge is -2.16. The van der Waals surface area contributed by atoms with Crippen molar-refractivity contribution >= 4 is 5.82 Å². The standard InChI is InChI=1S/C13H15FN2O2/c1-13(2,14)8-4-5-10(17-3)9(6-8)11-7-12(15)16-18-11/h4-7H,1-3H3,(H2,15,16).